The van der Waals surface area contributed by atoms with Gasteiger partial charge in [-0.05, 0) is 73.3 Å². The predicted molar refractivity (Wildman–Crippen MR) is 207 cm³/mol. The second-order valence-electron chi connectivity index (χ2n) is 15.3. The maximum Gasteiger partial charge on any atom is 0.320 e. The average molecular weight is 745 g/mol. The lowest BCUT2D eigenvalue weighted by atomic mass is 9.78. The number of amidine groups is 1. The number of nitrogens with zero attached hydrogens (tertiary/aromatic N) is 6. The van der Waals surface area contributed by atoms with Crippen molar-refractivity contribution < 1.29 is 9.53 Å². The van der Waals surface area contributed by atoms with E-state index < -0.39 is 0 Å². The van der Waals surface area contributed by atoms with Gasteiger partial charge in [-0.3, -0.25) is 19.6 Å². The van der Waals surface area contributed by atoms with Gasteiger partial charge in [0.05, 0.1) is 21.8 Å². The lowest BCUT2D eigenvalue weighted by molar-refractivity contribution is 0.148. The van der Waals surface area contributed by atoms with Crippen LogP contribution in [0.25, 0.3) is 17.0 Å². The second-order valence-corrected chi connectivity index (χ2v) is 16.1. The van der Waals surface area contributed by atoms with Crippen LogP contribution in [0.2, 0.25) is 10.0 Å². The highest BCUT2D eigenvalue weighted by atomic mass is 35.5. The number of carbonyl (C=O) groups excluding carboxylic acids is 1. The van der Waals surface area contributed by atoms with E-state index >= 15 is 0 Å². The molecule has 2 aromatic heterocycles. The number of rotatable bonds is 7. The molecule has 274 valence electrons. The quantitative estimate of drug-likeness (QED) is 0.144. The topological polar surface area (TPSA) is 125 Å². The van der Waals surface area contributed by atoms with Crippen LogP contribution in [0.5, 0.6) is 5.75 Å². The number of ether oxygens (including phenoxy) is 1. The van der Waals surface area contributed by atoms with Crippen LogP contribution in [0, 0.1) is 5.41 Å². The van der Waals surface area contributed by atoms with Gasteiger partial charge < -0.3 is 20.7 Å². The smallest absolute Gasteiger partial charge is 0.320 e. The molecule has 13 heteroatoms. The van der Waals surface area contributed by atoms with Gasteiger partial charge >= 0.3 is 6.03 Å². The number of aromatic nitrogens is 3. The van der Waals surface area contributed by atoms with Crippen LogP contribution >= 0.6 is 23.2 Å². The van der Waals surface area contributed by atoms with Gasteiger partial charge in [-0.25, -0.2) is 4.79 Å². The predicted octanol–water partition coefficient (Wildman–Crippen LogP) is 6.59. The van der Waals surface area contributed by atoms with Gasteiger partial charge in [0.1, 0.15) is 17.7 Å². The first kappa shape index (κ1) is 36.2. The van der Waals surface area contributed by atoms with Crippen LogP contribution < -0.4 is 21.1 Å². The van der Waals surface area contributed by atoms with E-state index in [0.717, 1.165) is 63.1 Å². The molecular formula is C39H47Cl2N9O2. The van der Waals surface area contributed by atoms with Crippen molar-refractivity contribution in [1.82, 2.24) is 35.0 Å². The largest absolute Gasteiger partial charge is 0.484 e. The minimum atomic E-state index is -0.292. The van der Waals surface area contributed by atoms with Gasteiger partial charge in [-0.2, -0.15) is 0 Å². The number of pyridine rings is 1. The molecule has 3 unspecified atom stereocenters. The van der Waals surface area contributed by atoms with Gasteiger partial charge in [0, 0.05) is 62.3 Å². The van der Waals surface area contributed by atoms with E-state index in [9.17, 15) is 4.79 Å². The number of allylic oxidation sites excluding steroid dienone is 1. The number of likely N-dealkylation sites (N-methyl/N-ethyl adjacent to an activating group) is 1. The molecule has 11 nitrogen and oxygen atoms in total. The van der Waals surface area contributed by atoms with Gasteiger partial charge in [0.15, 0.2) is 11.5 Å². The zero-order valence-corrected chi connectivity index (χ0v) is 31.9. The van der Waals surface area contributed by atoms with Gasteiger partial charge in [-0.15, -0.1) is 10.2 Å². The Kier molecular flexibility index (Phi) is 9.99. The molecule has 7 rings (SSSR count). The highest BCUT2D eigenvalue weighted by molar-refractivity contribution is 6.39. The summed E-state index contributed by atoms with van der Waals surface area (Å²) in [5.41, 5.74) is 11.2. The minimum Gasteiger partial charge on any atom is -0.484 e. The third kappa shape index (κ3) is 7.37. The molecule has 3 atom stereocenters. The Balaban J connectivity index is 1.06. The third-order valence-electron chi connectivity index (χ3n) is 10.7. The lowest BCUT2D eigenvalue weighted by Crippen LogP contribution is -2.43. The van der Waals surface area contributed by atoms with Gasteiger partial charge in [-0.1, -0.05) is 68.2 Å². The monoisotopic (exact) mass is 743 g/mol. The molecule has 2 aromatic carbocycles. The summed E-state index contributed by atoms with van der Waals surface area (Å²) in [6, 6.07) is 15.9. The van der Waals surface area contributed by atoms with E-state index in [1.165, 1.54) is 5.56 Å². The number of piperazine rings is 1. The number of urea groups is 1. The fourth-order valence-corrected chi connectivity index (χ4v) is 8.10. The van der Waals surface area contributed by atoms with Crippen molar-refractivity contribution in [3.63, 3.8) is 0 Å². The SMILES string of the molecule is CN=C(C=C(N)C(C)(C)C)NC(=O)NC1CC12CCC(Oc1ccc3nnc(-c4c(Cl)cc(CN5CCN(C)CC5)cc4Cl)n3c1)c1ccccc12. The number of carbonyl (C=O) groups is 1. The molecule has 1 saturated heterocycles. The number of amides is 2. The van der Waals surface area contributed by atoms with E-state index in [-0.39, 0.29) is 29.0 Å². The number of nitrogens with one attached hydrogen (secondary N) is 2. The van der Waals surface area contributed by atoms with E-state index in [0.29, 0.717) is 44.4 Å². The number of halogens is 2. The van der Waals surface area contributed by atoms with Crippen LogP contribution in [-0.4, -0.2) is 82.6 Å². The fourth-order valence-electron chi connectivity index (χ4n) is 7.40. The molecule has 1 saturated carbocycles. The zero-order chi connectivity index (χ0) is 36.8. The summed E-state index contributed by atoms with van der Waals surface area (Å²) in [6.07, 6.45) is 5.98. The number of hydrogen-bond acceptors (Lipinski definition) is 8. The number of benzene rings is 2. The van der Waals surface area contributed by atoms with Crippen LogP contribution in [0.3, 0.4) is 0 Å². The number of aliphatic imine (C=N–C) groups is 1. The first-order valence-corrected chi connectivity index (χ1v) is 18.6. The van der Waals surface area contributed by atoms with Crippen molar-refractivity contribution in [1.29, 1.82) is 0 Å². The molecule has 4 N–H and O–H groups in total. The maximum absolute atomic E-state index is 13.1. The standard InChI is InChI=1S/C39H47Cl2N9O2/c1-38(2,3)31(42)20-33(43-4)45-37(51)44-32-21-39(32)13-12-30(26-8-6-7-9-27(26)39)52-25-10-11-34-46-47-36(50(34)23-25)35-28(40)18-24(19-29(35)41)22-49-16-14-48(5)15-17-49/h6-11,18-20,23,30,32H,12-17,21-22,42H2,1-5H3,(H2,43,44,45,51). The molecule has 2 amide bonds. The Bertz CT molecular complexity index is 2020. The zero-order valence-electron chi connectivity index (χ0n) is 30.4. The molecule has 0 bridgehead atoms. The normalized spacial score (nSPS) is 22.8. The summed E-state index contributed by atoms with van der Waals surface area (Å²) in [7, 11) is 3.79. The van der Waals surface area contributed by atoms with Gasteiger partial charge in [0.2, 0.25) is 0 Å². The Labute approximate surface area is 315 Å². The molecule has 0 radical (unpaired) electrons. The second kappa shape index (κ2) is 14.3. The van der Waals surface area contributed by atoms with Crippen molar-refractivity contribution in [3.8, 4) is 17.1 Å². The summed E-state index contributed by atoms with van der Waals surface area (Å²) in [5, 5.41) is 16.0. The van der Waals surface area contributed by atoms with Crippen molar-refractivity contribution in [2.75, 3.05) is 40.3 Å². The van der Waals surface area contributed by atoms with Gasteiger partial charge in [0.25, 0.3) is 0 Å². The van der Waals surface area contributed by atoms with Crippen molar-refractivity contribution in [3.05, 3.63) is 93.2 Å². The molecular weight excluding hydrogens is 697 g/mol. The summed E-state index contributed by atoms with van der Waals surface area (Å²) in [5.74, 6) is 1.66. The molecule has 1 spiro atoms. The lowest BCUT2D eigenvalue weighted by Gasteiger charge is -2.33. The summed E-state index contributed by atoms with van der Waals surface area (Å²) in [4.78, 5) is 22.0. The first-order chi connectivity index (χ1) is 24.8. The van der Waals surface area contributed by atoms with E-state index in [2.05, 4.69) is 60.9 Å². The third-order valence-corrected chi connectivity index (χ3v) is 11.3. The van der Waals surface area contributed by atoms with Crippen LogP contribution in [0.4, 0.5) is 4.79 Å². The Hall–Kier alpha value is -4.16. The van der Waals surface area contributed by atoms with Crippen LogP contribution in [0.1, 0.15) is 62.8 Å². The summed E-state index contributed by atoms with van der Waals surface area (Å²) < 4.78 is 8.59. The maximum atomic E-state index is 13.1. The van der Waals surface area contributed by atoms with E-state index in [1.807, 2.05) is 61.7 Å². The van der Waals surface area contributed by atoms with E-state index in [4.69, 9.17) is 33.7 Å². The average Bonchev–Trinajstić information content (AvgIpc) is 3.62. The Morgan fingerprint density at radius 2 is 1.83 bits per heavy atom. The summed E-state index contributed by atoms with van der Waals surface area (Å²) in [6.45, 7) is 10.9. The molecule has 52 heavy (non-hydrogen) atoms. The van der Waals surface area contributed by atoms with Crippen LogP contribution in [0.15, 0.2) is 71.5 Å². The minimum absolute atomic E-state index is 0.00461. The highest BCUT2D eigenvalue weighted by Crippen LogP contribution is 2.58. The van der Waals surface area contributed by atoms with Crippen molar-refractivity contribution in [2.45, 2.75) is 64.1 Å². The Morgan fingerprint density at radius 1 is 1.10 bits per heavy atom. The highest BCUT2D eigenvalue weighted by Gasteiger charge is 2.58. The fraction of sp³-hybridized carbons (Fsp3) is 0.436. The molecule has 2 aliphatic carbocycles. The number of nitrogens with two attached hydrogens (primary N) is 1. The molecule has 1 aliphatic heterocycles. The number of hydrogen-bond donors (Lipinski definition) is 3. The summed E-state index contributed by atoms with van der Waals surface area (Å²) >= 11 is 13.8. The first-order valence-electron chi connectivity index (χ1n) is 17.9. The molecule has 2 fully saturated rings. The molecule has 4 aromatic rings. The molecule has 3 aliphatic rings. The Morgan fingerprint density at radius 3 is 2.54 bits per heavy atom. The molecule has 3 heterocycles. The van der Waals surface area contributed by atoms with Crippen LogP contribution in [-0.2, 0) is 12.0 Å². The van der Waals surface area contributed by atoms with Crippen molar-refractivity contribution in [2.24, 2.45) is 16.1 Å². The number of fused-ring (bicyclic) bond motifs is 3. The van der Waals surface area contributed by atoms with E-state index in [1.54, 1.807) is 13.1 Å². The van der Waals surface area contributed by atoms with Crippen molar-refractivity contribution >= 4 is 40.7 Å².